The van der Waals surface area contributed by atoms with E-state index in [1.165, 1.54) is 29.6 Å². The van der Waals surface area contributed by atoms with Crippen molar-refractivity contribution in [1.82, 2.24) is 15.1 Å². The van der Waals surface area contributed by atoms with Crippen molar-refractivity contribution in [2.45, 2.75) is 52.1 Å². The standard InChI is InChI=1S/C19H25N3O3/c1-12(14-6-8-16(9-7-14)19(3,4)5)21-17(23)15-10-20-22(11-15)13(2)18(24)25/h6-13H,1-5H3,(H,21,23)(H,24,25). The molecule has 2 atom stereocenters. The molecule has 0 bridgehead atoms. The van der Waals surface area contributed by atoms with Gasteiger partial charge >= 0.3 is 5.97 Å². The Morgan fingerprint density at radius 2 is 1.76 bits per heavy atom. The largest absolute Gasteiger partial charge is 0.480 e. The van der Waals surface area contributed by atoms with Crippen molar-refractivity contribution in [3.8, 4) is 0 Å². The Morgan fingerprint density at radius 3 is 2.28 bits per heavy atom. The summed E-state index contributed by atoms with van der Waals surface area (Å²) in [5.74, 6) is -1.28. The molecular weight excluding hydrogens is 318 g/mol. The van der Waals surface area contributed by atoms with Crippen molar-refractivity contribution in [2.75, 3.05) is 0 Å². The van der Waals surface area contributed by atoms with E-state index < -0.39 is 12.0 Å². The first-order chi connectivity index (χ1) is 11.6. The fraction of sp³-hybridized carbons (Fsp3) is 0.421. The maximum atomic E-state index is 12.3. The van der Waals surface area contributed by atoms with Gasteiger partial charge in [0, 0.05) is 6.20 Å². The van der Waals surface area contributed by atoms with Gasteiger partial charge in [-0.05, 0) is 30.4 Å². The molecule has 0 spiro atoms. The fourth-order valence-corrected chi connectivity index (χ4v) is 2.42. The van der Waals surface area contributed by atoms with Crippen LogP contribution in [0.1, 0.15) is 68.2 Å². The van der Waals surface area contributed by atoms with Gasteiger partial charge in [-0.25, -0.2) is 4.79 Å². The van der Waals surface area contributed by atoms with Gasteiger partial charge < -0.3 is 10.4 Å². The zero-order chi connectivity index (χ0) is 18.8. The number of hydrogen-bond donors (Lipinski definition) is 2. The van der Waals surface area contributed by atoms with Crippen LogP contribution in [-0.2, 0) is 10.2 Å². The second kappa shape index (κ2) is 7.09. The van der Waals surface area contributed by atoms with E-state index in [2.05, 4.69) is 43.3 Å². The number of carboxylic acids is 1. The minimum atomic E-state index is -0.998. The molecule has 0 radical (unpaired) electrons. The molecule has 1 aromatic carbocycles. The molecule has 2 rings (SSSR count). The van der Waals surface area contributed by atoms with Crippen molar-refractivity contribution in [3.63, 3.8) is 0 Å². The first-order valence-electron chi connectivity index (χ1n) is 8.28. The molecular formula is C19H25N3O3. The van der Waals surface area contributed by atoms with Crippen molar-refractivity contribution in [1.29, 1.82) is 0 Å². The van der Waals surface area contributed by atoms with Gasteiger partial charge in [0.05, 0.1) is 17.8 Å². The zero-order valence-corrected chi connectivity index (χ0v) is 15.3. The average molecular weight is 343 g/mol. The van der Waals surface area contributed by atoms with E-state index in [0.717, 1.165) is 5.56 Å². The summed E-state index contributed by atoms with van der Waals surface area (Å²) in [7, 11) is 0. The van der Waals surface area contributed by atoms with E-state index in [4.69, 9.17) is 5.11 Å². The molecule has 0 saturated carbocycles. The Hall–Kier alpha value is -2.63. The van der Waals surface area contributed by atoms with Gasteiger partial charge in [0.15, 0.2) is 0 Å². The molecule has 2 N–H and O–H groups in total. The molecule has 0 saturated heterocycles. The number of rotatable bonds is 5. The van der Waals surface area contributed by atoms with Crippen LogP contribution in [-0.4, -0.2) is 26.8 Å². The van der Waals surface area contributed by atoms with Gasteiger partial charge in [-0.15, -0.1) is 0 Å². The lowest BCUT2D eigenvalue weighted by Gasteiger charge is -2.20. The molecule has 25 heavy (non-hydrogen) atoms. The number of carbonyl (C=O) groups is 2. The number of aliphatic carboxylic acids is 1. The lowest BCUT2D eigenvalue weighted by molar-refractivity contribution is -0.140. The van der Waals surface area contributed by atoms with E-state index >= 15 is 0 Å². The van der Waals surface area contributed by atoms with Gasteiger partial charge in [-0.1, -0.05) is 45.0 Å². The zero-order valence-electron chi connectivity index (χ0n) is 15.3. The Balaban J connectivity index is 2.06. The van der Waals surface area contributed by atoms with Crippen LogP contribution in [0.4, 0.5) is 0 Å². The number of benzene rings is 1. The van der Waals surface area contributed by atoms with E-state index in [-0.39, 0.29) is 17.4 Å². The maximum absolute atomic E-state index is 12.3. The summed E-state index contributed by atoms with van der Waals surface area (Å²) in [5.41, 5.74) is 2.66. The van der Waals surface area contributed by atoms with Crippen LogP contribution in [0.3, 0.4) is 0 Å². The monoisotopic (exact) mass is 343 g/mol. The summed E-state index contributed by atoms with van der Waals surface area (Å²) in [4.78, 5) is 23.3. The number of carboxylic acid groups (broad SMARTS) is 1. The van der Waals surface area contributed by atoms with Crippen LogP contribution < -0.4 is 5.32 Å². The molecule has 134 valence electrons. The highest BCUT2D eigenvalue weighted by Crippen LogP contribution is 2.24. The van der Waals surface area contributed by atoms with E-state index in [1.807, 2.05) is 19.1 Å². The average Bonchev–Trinajstić information content (AvgIpc) is 3.03. The normalized spacial score (nSPS) is 14.0. The molecule has 0 fully saturated rings. The molecule has 6 nitrogen and oxygen atoms in total. The minimum Gasteiger partial charge on any atom is -0.480 e. The van der Waals surface area contributed by atoms with E-state index in [9.17, 15) is 9.59 Å². The number of hydrogen-bond acceptors (Lipinski definition) is 3. The topological polar surface area (TPSA) is 84.2 Å². The van der Waals surface area contributed by atoms with Crippen LogP contribution in [0, 0.1) is 0 Å². The smallest absolute Gasteiger partial charge is 0.328 e. The predicted molar refractivity (Wildman–Crippen MR) is 95.6 cm³/mol. The Labute approximate surface area is 147 Å². The molecule has 2 aromatic rings. The highest BCUT2D eigenvalue weighted by atomic mass is 16.4. The number of carbonyl (C=O) groups excluding carboxylic acids is 1. The fourth-order valence-electron chi connectivity index (χ4n) is 2.42. The second-order valence-electron chi connectivity index (χ2n) is 7.29. The summed E-state index contributed by atoms with van der Waals surface area (Å²) in [6, 6.07) is 7.20. The van der Waals surface area contributed by atoms with E-state index in [1.54, 1.807) is 0 Å². The van der Waals surface area contributed by atoms with Crippen LogP contribution in [0.25, 0.3) is 0 Å². The SMILES string of the molecule is CC(NC(=O)c1cnn(C(C)C(=O)O)c1)c1ccc(C(C)(C)C)cc1. The quantitative estimate of drug-likeness (QED) is 0.872. The first-order valence-corrected chi connectivity index (χ1v) is 8.28. The van der Waals surface area contributed by atoms with Crippen molar-refractivity contribution >= 4 is 11.9 Å². The summed E-state index contributed by atoms with van der Waals surface area (Å²) in [6.45, 7) is 9.89. The predicted octanol–water partition coefficient (Wildman–Crippen LogP) is 3.32. The maximum Gasteiger partial charge on any atom is 0.328 e. The van der Waals surface area contributed by atoms with Crippen LogP contribution in [0.5, 0.6) is 0 Å². The Bertz CT molecular complexity index is 757. The Kier molecular flexibility index (Phi) is 5.30. The van der Waals surface area contributed by atoms with Crippen LogP contribution in [0.15, 0.2) is 36.7 Å². The summed E-state index contributed by atoms with van der Waals surface area (Å²) >= 11 is 0. The van der Waals surface area contributed by atoms with Crippen molar-refractivity contribution in [3.05, 3.63) is 53.3 Å². The molecule has 2 unspecified atom stereocenters. The Morgan fingerprint density at radius 1 is 1.16 bits per heavy atom. The lowest BCUT2D eigenvalue weighted by atomic mass is 9.86. The van der Waals surface area contributed by atoms with Gasteiger partial charge in [0.2, 0.25) is 0 Å². The number of aromatic nitrogens is 2. The third kappa shape index (κ3) is 4.47. The third-order valence-electron chi connectivity index (χ3n) is 4.24. The van der Waals surface area contributed by atoms with Crippen LogP contribution >= 0.6 is 0 Å². The molecule has 0 aliphatic carbocycles. The molecule has 6 heteroatoms. The molecule has 1 aromatic heterocycles. The molecule has 0 aliphatic rings. The van der Waals surface area contributed by atoms with Crippen molar-refractivity contribution in [2.24, 2.45) is 0 Å². The third-order valence-corrected chi connectivity index (χ3v) is 4.24. The summed E-state index contributed by atoms with van der Waals surface area (Å²) < 4.78 is 1.26. The molecule has 1 heterocycles. The van der Waals surface area contributed by atoms with Crippen molar-refractivity contribution < 1.29 is 14.7 Å². The highest BCUT2D eigenvalue weighted by Gasteiger charge is 2.18. The van der Waals surface area contributed by atoms with E-state index in [0.29, 0.717) is 5.56 Å². The van der Waals surface area contributed by atoms with Gasteiger partial charge in [0.25, 0.3) is 5.91 Å². The highest BCUT2D eigenvalue weighted by molar-refractivity contribution is 5.94. The van der Waals surface area contributed by atoms with Gasteiger partial charge in [-0.3, -0.25) is 9.48 Å². The minimum absolute atomic E-state index is 0.0838. The molecule has 1 amide bonds. The van der Waals surface area contributed by atoms with Crippen LogP contribution in [0.2, 0.25) is 0 Å². The van der Waals surface area contributed by atoms with Gasteiger partial charge in [-0.2, -0.15) is 5.10 Å². The summed E-state index contributed by atoms with van der Waals surface area (Å²) in [5, 5.41) is 15.9. The lowest BCUT2D eigenvalue weighted by Crippen LogP contribution is -2.26. The van der Waals surface area contributed by atoms with Gasteiger partial charge in [0.1, 0.15) is 6.04 Å². The first kappa shape index (κ1) is 18.7. The number of nitrogens with one attached hydrogen (secondary N) is 1. The number of amides is 1. The second-order valence-corrected chi connectivity index (χ2v) is 7.29. The molecule has 0 aliphatic heterocycles. The number of nitrogens with zero attached hydrogens (tertiary/aromatic N) is 2. The summed E-state index contributed by atoms with van der Waals surface area (Å²) in [6.07, 6.45) is 2.83.